The number of carbonyl (C=O) groups excluding carboxylic acids is 2. The van der Waals surface area contributed by atoms with Crippen molar-refractivity contribution < 1.29 is 40.7 Å². The molecule has 3 atom stereocenters. The standard InChI is InChI=1S/C25H25F6N3O3/c1-15(16-9-18(24(26,27)28)11-19(10-16)25(29,30)31)37-14-23(17-5-3-2-4-6-17)8-7-22(13-33-23)21(36)32-12-20(35)34-22/h2-6,9-11,15,33H,7-8,12-14H2,1H3,(H,32,36)(H,34,35)/t15?,22?,23-/m1/s1. The molecule has 2 aromatic rings. The van der Waals surface area contributed by atoms with Crippen molar-refractivity contribution >= 4 is 11.8 Å². The highest BCUT2D eigenvalue weighted by molar-refractivity contribution is 5.98. The minimum Gasteiger partial charge on any atom is -0.372 e. The van der Waals surface area contributed by atoms with Crippen LogP contribution in [0.3, 0.4) is 0 Å². The van der Waals surface area contributed by atoms with Gasteiger partial charge in [0.2, 0.25) is 11.8 Å². The number of hydrogen-bond donors (Lipinski definition) is 3. The minimum atomic E-state index is -4.97. The van der Waals surface area contributed by atoms with Crippen molar-refractivity contribution in [3.63, 3.8) is 0 Å². The number of alkyl halides is 6. The molecule has 2 fully saturated rings. The summed E-state index contributed by atoms with van der Waals surface area (Å²) in [7, 11) is 0. The normalized spacial score (nSPS) is 25.5. The Bertz CT molecular complexity index is 1130. The first-order valence-electron chi connectivity index (χ1n) is 11.6. The number of rotatable bonds is 5. The molecule has 0 radical (unpaired) electrons. The third-order valence-corrected chi connectivity index (χ3v) is 6.92. The van der Waals surface area contributed by atoms with Gasteiger partial charge in [-0.3, -0.25) is 9.59 Å². The Morgan fingerprint density at radius 3 is 2.11 bits per heavy atom. The summed E-state index contributed by atoms with van der Waals surface area (Å²) in [6.07, 6.45) is -10.5. The van der Waals surface area contributed by atoms with Crippen molar-refractivity contribution in [1.29, 1.82) is 0 Å². The number of piperazine rings is 1. The van der Waals surface area contributed by atoms with Crippen LogP contribution in [-0.4, -0.2) is 37.0 Å². The summed E-state index contributed by atoms with van der Waals surface area (Å²) in [5, 5.41) is 8.57. The highest BCUT2D eigenvalue weighted by Crippen LogP contribution is 2.39. The molecular formula is C25H25F6N3O3. The van der Waals surface area contributed by atoms with Crippen molar-refractivity contribution in [1.82, 2.24) is 16.0 Å². The molecule has 4 rings (SSSR count). The highest BCUT2D eigenvalue weighted by atomic mass is 19.4. The Morgan fingerprint density at radius 2 is 1.57 bits per heavy atom. The quantitative estimate of drug-likeness (QED) is 0.511. The third kappa shape index (κ3) is 5.59. The van der Waals surface area contributed by atoms with Gasteiger partial charge in [-0.05, 0) is 49.1 Å². The van der Waals surface area contributed by atoms with E-state index in [9.17, 15) is 35.9 Å². The Morgan fingerprint density at radius 1 is 0.946 bits per heavy atom. The Labute approximate surface area is 208 Å². The van der Waals surface area contributed by atoms with Gasteiger partial charge in [0.1, 0.15) is 5.54 Å². The number of ether oxygens (including phenoxy) is 1. The monoisotopic (exact) mass is 529 g/mol. The molecule has 3 N–H and O–H groups in total. The van der Waals surface area contributed by atoms with Gasteiger partial charge in [-0.1, -0.05) is 30.3 Å². The maximum absolute atomic E-state index is 13.3. The van der Waals surface area contributed by atoms with Crippen LogP contribution in [0.5, 0.6) is 0 Å². The predicted octanol–water partition coefficient (Wildman–Crippen LogP) is 4.07. The van der Waals surface area contributed by atoms with Gasteiger partial charge >= 0.3 is 12.4 Å². The van der Waals surface area contributed by atoms with Crippen molar-refractivity contribution in [3.8, 4) is 0 Å². The van der Waals surface area contributed by atoms with Crippen molar-refractivity contribution in [2.75, 3.05) is 19.7 Å². The Hall–Kier alpha value is -3.12. The van der Waals surface area contributed by atoms with E-state index >= 15 is 0 Å². The molecule has 1 spiro atoms. The topological polar surface area (TPSA) is 79.5 Å². The molecule has 0 bridgehead atoms. The van der Waals surface area contributed by atoms with E-state index in [1.807, 2.05) is 12.1 Å². The zero-order valence-electron chi connectivity index (χ0n) is 19.7. The second-order valence-electron chi connectivity index (χ2n) is 9.41. The Kier molecular flexibility index (Phi) is 7.02. The van der Waals surface area contributed by atoms with Crippen LogP contribution in [-0.2, 0) is 32.2 Å². The van der Waals surface area contributed by atoms with E-state index in [0.29, 0.717) is 18.6 Å². The molecule has 2 saturated heterocycles. The second-order valence-corrected chi connectivity index (χ2v) is 9.41. The van der Waals surface area contributed by atoms with Crippen molar-refractivity contribution in [2.24, 2.45) is 0 Å². The second kappa shape index (κ2) is 9.64. The number of benzene rings is 2. The summed E-state index contributed by atoms with van der Waals surface area (Å²) in [5.41, 5.74) is -4.40. The van der Waals surface area contributed by atoms with Crippen LogP contribution >= 0.6 is 0 Å². The lowest BCUT2D eigenvalue weighted by Gasteiger charge is -2.48. The molecule has 2 aromatic carbocycles. The fraction of sp³-hybridized carbons (Fsp3) is 0.440. The van der Waals surface area contributed by atoms with Gasteiger partial charge in [0.25, 0.3) is 0 Å². The zero-order valence-corrected chi connectivity index (χ0v) is 19.7. The summed E-state index contributed by atoms with van der Waals surface area (Å²) in [6.45, 7) is 1.20. The molecule has 2 heterocycles. The summed E-state index contributed by atoms with van der Waals surface area (Å²) in [5.74, 6) is -0.664. The van der Waals surface area contributed by atoms with Gasteiger partial charge in [-0.15, -0.1) is 0 Å². The molecule has 2 unspecified atom stereocenters. The van der Waals surface area contributed by atoms with E-state index in [-0.39, 0.29) is 49.6 Å². The summed E-state index contributed by atoms with van der Waals surface area (Å²) >= 11 is 0. The number of carbonyl (C=O) groups is 2. The molecule has 0 aliphatic carbocycles. The lowest BCUT2D eigenvalue weighted by molar-refractivity contribution is -0.143. The van der Waals surface area contributed by atoms with Crippen LogP contribution in [0.2, 0.25) is 0 Å². The van der Waals surface area contributed by atoms with Crippen LogP contribution in [0.25, 0.3) is 0 Å². The first-order chi connectivity index (χ1) is 17.2. The van der Waals surface area contributed by atoms with E-state index < -0.39 is 40.7 Å². The molecule has 0 aromatic heterocycles. The number of nitrogens with one attached hydrogen (secondary N) is 3. The van der Waals surface area contributed by atoms with Crippen LogP contribution in [0.1, 0.15) is 48.1 Å². The molecule has 0 saturated carbocycles. The number of piperidine rings is 1. The first kappa shape index (κ1) is 26.9. The Balaban J connectivity index is 1.59. The van der Waals surface area contributed by atoms with E-state index in [2.05, 4.69) is 16.0 Å². The van der Waals surface area contributed by atoms with Gasteiger partial charge in [0, 0.05) is 6.54 Å². The molecule has 37 heavy (non-hydrogen) atoms. The van der Waals surface area contributed by atoms with Crippen LogP contribution in [0, 0.1) is 0 Å². The number of amides is 2. The molecular weight excluding hydrogens is 504 g/mol. The fourth-order valence-corrected chi connectivity index (χ4v) is 4.71. The van der Waals surface area contributed by atoms with E-state index in [1.54, 1.807) is 18.2 Å². The van der Waals surface area contributed by atoms with Gasteiger partial charge in [-0.2, -0.15) is 26.3 Å². The largest absolute Gasteiger partial charge is 0.416 e. The summed E-state index contributed by atoms with van der Waals surface area (Å²) in [4.78, 5) is 24.5. The van der Waals surface area contributed by atoms with Crippen LogP contribution in [0.15, 0.2) is 48.5 Å². The maximum Gasteiger partial charge on any atom is 0.416 e. The molecule has 6 nitrogen and oxygen atoms in total. The number of hydrogen-bond acceptors (Lipinski definition) is 4. The maximum atomic E-state index is 13.3. The SMILES string of the molecule is CC(OC[C@@]1(c2ccccc2)CCC2(CN1)NC(=O)CNC2=O)c1cc(C(F)(F)F)cc(C(F)(F)F)c1. The lowest BCUT2D eigenvalue weighted by Crippen LogP contribution is -2.73. The summed E-state index contributed by atoms with van der Waals surface area (Å²) in [6, 6.07) is 10.4. The smallest absolute Gasteiger partial charge is 0.372 e. The average Bonchev–Trinajstić information content (AvgIpc) is 2.85. The van der Waals surface area contributed by atoms with Crippen LogP contribution in [0.4, 0.5) is 26.3 Å². The molecule has 200 valence electrons. The molecule has 2 amide bonds. The lowest BCUT2D eigenvalue weighted by atomic mass is 9.75. The number of halogens is 6. The highest BCUT2D eigenvalue weighted by Gasteiger charge is 2.50. The zero-order chi connectivity index (χ0) is 27.1. The predicted molar refractivity (Wildman–Crippen MR) is 120 cm³/mol. The van der Waals surface area contributed by atoms with E-state index in [4.69, 9.17) is 4.74 Å². The van der Waals surface area contributed by atoms with E-state index in [1.165, 1.54) is 6.92 Å². The molecule has 12 heteroatoms. The van der Waals surface area contributed by atoms with Gasteiger partial charge < -0.3 is 20.7 Å². The first-order valence-corrected chi connectivity index (χ1v) is 11.6. The van der Waals surface area contributed by atoms with Gasteiger partial charge in [0.15, 0.2) is 0 Å². The minimum absolute atomic E-state index is 0.0546. The summed E-state index contributed by atoms with van der Waals surface area (Å²) < 4.78 is 85.8. The average molecular weight is 529 g/mol. The van der Waals surface area contributed by atoms with Crippen LogP contribution < -0.4 is 16.0 Å². The van der Waals surface area contributed by atoms with Gasteiger partial charge in [0.05, 0.1) is 35.9 Å². The molecule has 2 aliphatic heterocycles. The van der Waals surface area contributed by atoms with Gasteiger partial charge in [-0.25, -0.2) is 0 Å². The van der Waals surface area contributed by atoms with Crippen molar-refractivity contribution in [3.05, 3.63) is 70.8 Å². The van der Waals surface area contributed by atoms with Crippen molar-refractivity contribution in [2.45, 2.75) is 49.3 Å². The van der Waals surface area contributed by atoms with E-state index in [0.717, 1.165) is 5.56 Å². The third-order valence-electron chi connectivity index (χ3n) is 6.92. The fourth-order valence-electron chi connectivity index (χ4n) is 4.71. The molecule has 2 aliphatic rings.